The number of nitrogens with one attached hydrogen (secondary N) is 1. The van der Waals surface area contributed by atoms with E-state index < -0.39 is 12.1 Å². The zero-order chi connectivity index (χ0) is 35.9. The summed E-state index contributed by atoms with van der Waals surface area (Å²) >= 11 is 0. The molecule has 5 heteroatoms. The molecule has 5 nitrogen and oxygen atoms in total. The Morgan fingerprint density at radius 2 is 1.39 bits per heavy atom. The molecule has 270 valence electrons. The second-order valence-electron chi connectivity index (χ2n) is 11.2. The average molecular weight is 648 g/mol. The third-order valence-electron chi connectivity index (χ3n) is 8.31. The average Bonchev–Trinajstić information content (AvgIpc) is 3.08. The van der Waals surface area contributed by atoms with Crippen LogP contribution in [0.5, 0.6) is 0 Å². The van der Waals surface area contributed by atoms with Gasteiger partial charge < -0.3 is 14.8 Å². The standard InChI is InChI=1S/C33H53NO4.4C2H6/c1-7-11-28(10-4)29-16-18-30(19-17-29)38-33(36)34-32(25(6)35)20-21-37-31-22-27(23-31)15-13-24(5)12-14-26(8-2)9-3;4*1-2/h7,10-12,14,27,29-32H,8-9,13,15-23H2,1-6H3,(H,34,36);4*1-2H3/b11-7-,24-12+,28-10+;;;;. The summed E-state index contributed by atoms with van der Waals surface area (Å²) < 4.78 is 11.7. The van der Waals surface area contributed by atoms with Gasteiger partial charge in [-0.05, 0) is 116 Å². The van der Waals surface area contributed by atoms with Crippen molar-refractivity contribution in [1.82, 2.24) is 5.32 Å². The quantitative estimate of drug-likeness (QED) is 0.180. The molecule has 2 rings (SSSR count). The van der Waals surface area contributed by atoms with Crippen molar-refractivity contribution in [2.75, 3.05) is 6.61 Å². The van der Waals surface area contributed by atoms with Crippen LogP contribution < -0.4 is 5.32 Å². The van der Waals surface area contributed by atoms with Crippen LogP contribution in [0.3, 0.4) is 0 Å². The molecule has 1 atom stereocenters. The number of ketones is 1. The van der Waals surface area contributed by atoms with Crippen LogP contribution in [0.2, 0.25) is 0 Å². The highest BCUT2D eigenvalue weighted by molar-refractivity contribution is 5.85. The maximum atomic E-state index is 12.5. The van der Waals surface area contributed by atoms with Crippen molar-refractivity contribution in [1.29, 1.82) is 0 Å². The molecule has 2 aliphatic rings. The van der Waals surface area contributed by atoms with Gasteiger partial charge in [0.05, 0.1) is 12.1 Å². The summed E-state index contributed by atoms with van der Waals surface area (Å²) in [6.45, 7) is 28.8. The van der Waals surface area contributed by atoms with Crippen molar-refractivity contribution in [3.05, 3.63) is 47.1 Å². The van der Waals surface area contributed by atoms with Gasteiger partial charge in [0.1, 0.15) is 6.10 Å². The molecule has 0 radical (unpaired) electrons. The first kappa shape index (κ1) is 48.3. The molecular formula is C41H77NO4. The van der Waals surface area contributed by atoms with E-state index in [0.29, 0.717) is 18.9 Å². The molecule has 0 aromatic carbocycles. The highest BCUT2D eigenvalue weighted by Gasteiger charge is 2.30. The number of rotatable bonds is 15. The first-order chi connectivity index (χ1) is 22.3. The summed E-state index contributed by atoms with van der Waals surface area (Å²) in [6.07, 6.45) is 21.7. The van der Waals surface area contributed by atoms with E-state index in [2.05, 4.69) is 63.4 Å². The Kier molecular flexibility index (Phi) is 34.4. The minimum atomic E-state index is -0.559. The van der Waals surface area contributed by atoms with E-state index in [-0.39, 0.29) is 18.0 Å². The topological polar surface area (TPSA) is 64.6 Å². The second-order valence-corrected chi connectivity index (χ2v) is 11.2. The zero-order valence-corrected chi connectivity index (χ0v) is 32.9. The van der Waals surface area contributed by atoms with Crippen molar-refractivity contribution < 1.29 is 19.1 Å². The number of carbonyl (C=O) groups excluding carboxylic acids is 2. The third-order valence-corrected chi connectivity index (χ3v) is 8.31. The van der Waals surface area contributed by atoms with Crippen molar-refractivity contribution in [3.63, 3.8) is 0 Å². The summed E-state index contributed by atoms with van der Waals surface area (Å²) in [5.41, 5.74) is 4.31. The number of carbonyl (C=O) groups is 2. The van der Waals surface area contributed by atoms with Crippen LogP contribution in [0, 0.1) is 11.8 Å². The normalized spacial score (nSPS) is 21.2. The van der Waals surface area contributed by atoms with Crippen LogP contribution in [0.4, 0.5) is 4.79 Å². The molecule has 46 heavy (non-hydrogen) atoms. The number of ether oxygens (including phenoxy) is 2. The Bertz CT molecular complexity index is 850. The highest BCUT2D eigenvalue weighted by atomic mass is 16.6. The van der Waals surface area contributed by atoms with E-state index >= 15 is 0 Å². The monoisotopic (exact) mass is 648 g/mol. The Morgan fingerprint density at radius 3 is 1.87 bits per heavy atom. The molecular weight excluding hydrogens is 570 g/mol. The molecule has 0 spiro atoms. The van der Waals surface area contributed by atoms with Crippen LogP contribution in [0.25, 0.3) is 0 Å². The molecule has 0 aliphatic heterocycles. The summed E-state index contributed by atoms with van der Waals surface area (Å²) in [5, 5.41) is 2.78. The SMILES string of the molecule is C/C=C\C(=C/C)C1CCC(OC(=O)NC(CCOC2CC(CC/C(C)=C/C=C(CC)CC)C2)C(C)=O)CC1.CC.CC.CC.CC. The van der Waals surface area contributed by atoms with Crippen LogP contribution in [0.1, 0.15) is 168 Å². The maximum absolute atomic E-state index is 12.5. The number of amides is 1. The third kappa shape index (κ3) is 21.6. The fourth-order valence-electron chi connectivity index (χ4n) is 5.54. The van der Waals surface area contributed by atoms with Gasteiger partial charge in [0.2, 0.25) is 0 Å². The molecule has 1 N–H and O–H groups in total. The molecule has 0 saturated heterocycles. The van der Waals surface area contributed by atoms with Gasteiger partial charge in [0.15, 0.2) is 5.78 Å². The molecule has 0 aromatic heterocycles. The minimum absolute atomic E-state index is 0.0598. The largest absolute Gasteiger partial charge is 0.446 e. The number of hydrogen-bond donors (Lipinski definition) is 1. The first-order valence-electron chi connectivity index (χ1n) is 19.0. The predicted molar refractivity (Wildman–Crippen MR) is 203 cm³/mol. The fourth-order valence-corrected chi connectivity index (χ4v) is 5.54. The molecule has 1 amide bonds. The van der Waals surface area contributed by atoms with Gasteiger partial charge in [-0.15, -0.1) is 0 Å². The molecule has 0 aromatic rings. The van der Waals surface area contributed by atoms with Crippen LogP contribution >= 0.6 is 0 Å². The Hall–Kier alpha value is -2.14. The highest BCUT2D eigenvalue weighted by Crippen LogP contribution is 2.35. The van der Waals surface area contributed by atoms with Crippen LogP contribution in [-0.2, 0) is 14.3 Å². The van der Waals surface area contributed by atoms with E-state index in [9.17, 15) is 9.59 Å². The molecule has 2 aliphatic carbocycles. The summed E-state index contributed by atoms with van der Waals surface area (Å²) in [6, 6.07) is -0.559. The van der Waals surface area contributed by atoms with Gasteiger partial charge in [-0.25, -0.2) is 4.79 Å². The Balaban J connectivity index is -0.00000214. The summed E-state index contributed by atoms with van der Waals surface area (Å²) in [7, 11) is 0. The number of allylic oxidation sites excluding steroid dienone is 8. The predicted octanol–water partition coefficient (Wildman–Crippen LogP) is 12.5. The van der Waals surface area contributed by atoms with E-state index in [1.54, 1.807) is 0 Å². The van der Waals surface area contributed by atoms with Crippen LogP contribution in [0.15, 0.2) is 47.1 Å². The van der Waals surface area contributed by atoms with Crippen molar-refractivity contribution in [3.8, 4) is 0 Å². The van der Waals surface area contributed by atoms with Crippen LogP contribution in [-0.4, -0.2) is 36.7 Å². The summed E-state index contributed by atoms with van der Waals surface area (Å²) in [5.74, 6) is 1.19. The lowest BCUT2D eigenvalue weighted by Gasteiger charge is -2.35. The molecule has 0 bridgehead atoms. The molecule has 0 heterocycles. The lowest BCUT2D eigenvalue weighted by atomic mass is 9.78. The summed E-state index contributed by atoms with van der Waals surface area (Å²) in [4.78, 5) is 24.6. The lowest BCUT2D eigenvalue weighted by molar-refractivity contribution is -0.120. The number of alkyl carbamates (subject to hydrolysis) is 1. The number of hydrogen-bond acceptors (Lipinski definition) is 4. The van der Waals surface area contributed by atoms with Gasteiger partial charge in [-0.3, -0.25) is 4.79 Å². The van der Waals surface area contributed by atoms with Gasteiger partial charge in [0.25, 0.3) is 0 Å². The maximum Gasteiger partial charge on any atom is 0.407 e. The fraction of sp³-hybridized carbons (Fsp3) is 0.756. The lowest BCUT2D eigenvalue weighted by Crippen LogP contribution is -2.43. The molecule has 1 unspecified atom stereocenters. The van der Waals surface area contributed by atoms with E-state index in [4.69, 9.17) is 9.47 Å². The Morgan fingerprint density at radius 1 is 0.826 bits per heavy atom. The molecule has 2 saturated carbocycles. The first-order valence-corrected chi connectivity index (χ1v) is 19.0. The Labute approximate surface area is 287 Å². The van der Waals surface area contributed by atoms with E-state index in [1.807, 2.05) is 62.3 Å². The van der Waals surface area contributed by atoms with E-state index in [0.717, 1.165) is 63.7 Å². The number of Topliss-reactive ketones (excluding diaryl/α,β-unsaturated/α-hetero) is 1. The van der Waals surface area contributed by atoms with Crippen molar-refractivity contribution in [2.24, 2.45) is 11.8 Å². The van der Waals surface area contributed by atoms with Gasteiger partial charge in [-0.1, -0.05) is 111 Å². The molecule has 2 fully saturated rings. The zero-order valence-electron chi connectivity index (χ0n) is 32.9. The second kappa shape index (κ2) is 32.8. The minimum Gasteiger partial charge on any atom is -0.446 e. The van der Waals surface area contributed by atoms with E-state index in [1.165, 1.54) is 30.1 Å². The van der Waals surface area contributed by atoms with Crippen molar-refractivity contribution in [2.45, 2.75) is 186 Å². The smallest absolute Gasteiger partial charge is 0.407 e. The van der Waals surface area contributed by atoms with Gasteiger partial charge in [0, 0.05) is 6.61 Å². The van der Waals surface area contributed by atoms with Gasteiger partial charge in [-0.2, -0.15) is 0 Å². The van der Waals surface area contributed by atoms with Crippen molar-refractivity contribution >= 4 is 11.9 Å². The van der Waals surface area contributed by atoms with Gasteiger partial charge >= 0.3 is 6.09 Å².